The van der Waals surface area contributed by atoms with Crippen LogP contribution in [0, 0.1) is 0 Å². The number of halogens is 4. The molecule has 1 aliphatic rings. The van der Waals surface area contributed by atoms with Crippen LogP contribution in [-0.2, 0) is 11.0 Å². The van der Waals surface area contributed by atoms with Crippen LogP contribution < -0.4 is 16.0 Å². The average molecular weight is 533 g/mol. The molecule has 1 aromatic carbocycles. The van der Waals surface area contributed by atoms with Crippen LogP contribution in [0.4, 0.5) is 24.7 Å². The number of hydrogen-bond donors (Lipinski definition) is 4. The highest BCUT2D eigenvalue weighted by molar-refractivity contribution is 6.34. The molecule has 0 unspecified atom stereocenters. The van der Waals surface area contributed by atoms with Crippen molar-refractivity contribution in [2.45, 2.75) is 38.0 Å². The van der Waals surface area contributed by atoms with Crippen molar-refractivity contribution in [3.63, 3.8) is 0 Å². The number of fused-ring (bicyclic) bond motifs is 1. The van der Waals surface area contributed by atoms with E-state index in [1.54, 1.807) is 18.2 Å². The number of aromatic nitrogens is 5. The third-order valence-corrected chi connectivity index (χ3v) is 6.30. The molecular weight excluding hydrogens is 513 g/mol. The first kappa shape index (κ1) is 24.6. The van der Waals surface area contributed by atoms with Gasteiger partial charge in [0, 0.05) is 37.1 Å². The van der Waals surface area contributed by atoms with Gasteiger partial charge in [-0.3, -0.25) is 19.1 Å². The summed E-state index contributed by atoms with van der Waals surface area (Å²) in [5.74, 6) is -0.163. The first-order chi connectivity index (χ1) is 17.6. The number of rotatable bonds is 6. The van der Waals surface area contributed by atoms with E-state index < -0.39 is 11.9 Å². The van der Waals surface area contributed by atoms with Gasteiger partial charge in [-0.1, -0.05) is 11.6 Å². The zero-order chi connectivity index (χ0) is 26.3. The number of carbonyl (C=O) groups excluding carboxylic acids is 2. The molecule has 1 aliphatic carbocycles. The molecule has 0 bridgehead atoms. The maximum Gasteiger partial charge on any atom is 0.433 e. The van der Waals surface area contributed by atoms with Crippen LogP contribution in [0.3, 0.4) is 0 Å². The molecule has 10 nitrogen and oxygen atoms in total. The number of nitrogens with zero attached hydrogens (tertiary/aromatic N) is 4. The largest absolute Gasteiger partial charge is 0.433 e. The Labute approximate surface area is 212 Å². The number of H-pyrrole nitrogens is 1. The van der Waals surface area contributed by atoms with Crippen LogP contribution in [0.2, 0.25) is 5.02 Å². The van der Waals surface area contributed by atoms with Crippen molar-refractivity contribution in [1.29, 1.82) is 0 Å². The van der Waals surface area contributed by atoms with Gasteiger partial charge in [-0.05, 0) is 31.0 Å². The molecular formula is C23H20ClF3N8O2. The quantitative estimate of drug-likeness (QED) is 0.298. The standard InChI is InChI=1S/C23H20ClF3N8O2/c1-11(36)31-13-6-14(7-13)33-22(37)15-3-2-12(8-17(15)24)32-20-21-29-10-18(35(21)5-4-28-20)16-9-30-34-19(16)23(25,26)27/h2-5,8-10,13-14H,6-7H2,1H3,(H,28,32)(H,30,34)(H,31,36)(H,33,37). The molecule has 0 spiro atoms. The Bertz CT molecular complexity index is 1490. The van der Waals surface area contributed by atoms with E-state index in [2.05, 4.69) is 31.0 Å². The lowest BCUT2D eigenvalue weighted by atomic mass is 9.86. The van der Waals surface area contributed by atoms with Crippen molar-refractivity contribution >= 4 is 40.6 Å². The van der Waals surface area contributed by atoms with E-state index >= 15 is 0 Å². The predicted octanol–water partition coefficient (Wildman–Crippen LogP) is 3.93. The molecule has 0 saturated heterocycles. The number of aromatic amines is 1. The molecule has 0 atom stereocenters. The molecule has 4 aromatic rings. The fraction of sp³-hybridized carbons (Fsp3) is 0.261. The van der Waals surface area contributed by atoms with Gasteiger partial charge < -0.3 is 16.0 Å². The summed E-state index contributed by atoms with van der Waals surface area (Å²) in [5.41, 5.74) is 0.121. The SMILES string of the molecule is CC(=O)NC1CC(NC(=O)c2ccc(Nc3nccn4c(-c5cn[nH]c5C(F)(F)F)cnc34)cc2Cl)C1. The summed E-state index contributed by atoms with van der Waals surface area (Å²) < 4.78 is 41.5. The van der Waals surface area contributed by atoms with Crippen molar-refractivity contribution in [2.24, 2.45) is 0 Å². The van der Waals surface area contributed by atoms with Crippen molar-refractivity contribution < 1.29 is 22.8 Å². The number of nitrogens with one attached hydrogen (secondary N) is 4. The molecule has 3 heterocycles. The zero-order valence-corrected chi connectivity index (χ0v) is 20.0. The van der Waals surface area contributed by atoms with Crippen molar-refractivity contribution in [1.82, 2.24) is 35.2 Å². The van der Waals surface area contributed by atoms with E-state index in [-0.39, 0.29) is 57.2 Å². The van der Waals surface area contributed by atoms with Crippen LogP contribution in [0.1, 0.15) is 35.8 Å². The van der Waals surface area contributed by atoms with Crippen molar-refractivity contribution in [3.05, 3.63) is 59.3 Å². The number of amides is 2. The number of benzene rings is 1. The Hall–Kier alpha value is -4.13. The fourth-order valence-corrected chi connectivity index (χ4v) is 4.49. The van der Waals surface area contributed by atoms with Gasteiger partial charge in [-0.15, -0.1) is 0 Å². The Morgan fingerprint density at radius 1 is 1.14 bits per heavy atom. The maximum absolute atomic E-state index is 13.3. The highest BCUT2D eigenvalue weighted by Gasteiger charge is 2.37. The first-order valence-electron chi connectivity index (χ1n) is 11.2. The van der Waals surface area contributed by atoms with E-state index in [1.807, 2.05) is 5.10 Å². The van der Waals surface area contributed by atoms with E-state index in [0.29, 0.717) is 18.5 Å². The van der Waals surface area contributed by atoms with Gasteiger partial charge in [0.05, 0.1) is 34.2 Å². The molecule has 0 aliphatic heterocycles. The van der Waals surface area contributed by atoms with E-state index in [0.717, 1.165) is 6.20 Å². The molecule has 5 rings (SSSR count). The molecule has 1 fully saturated rings. The van der Waals surface area contributed by atoms with Gasteiger partial charge in [0.1, 0.15) is 5.69 Å². The Morgan fingerprint density at radius 3 is 2.59 bits per heavy atom. The second kappa shape index (κ2) is 9.39. The summed E-state index contributed by atoms with van der Waals surface area (Å²) in [6, 6.07) is 4.74. The lowest BCUT2D eigenvalue weighted by molar-refractivity contribution is -0.140. The summed E-state index contributed by atoms with van der Waals surface area (Å²) in [5, 5.41) is 14.5. The van der Waals surface area contributed by atoms with E-state index in [4.69, 9.17) is 11.6 Å². The predicted molar refractivity (Wildman–Crippen MR) is 128 cm³/mol. The lowest BCUT2D eigenvalue weighted by Crippen LogP contribution is -2.53. The lowest BCUT2D eigenvalue weighted by Gasteiger charge is -2.36. The van der Waals surface area contributed by atoms with Gasteiger partial charge >= 0.3 is 6.18 Å². The van der Waals surface area contributed by atoms with Crippen molar-refractivity contribution in [2.75, 3.05) is 5.32 Å². The minimum Gasteiger partial charge on any atom is -0.353 e. The van der Waals surface area contributed by atoms with Gasteiger partial charge in [0.25, 0.3) is 5.91 Å². The molecule has 1 saturated carbocycles. The third-order valence-electron chi connectivity index (χ3n) is 5.98. The van der Waals surface area contributed by atoms with E-state index in [1.165, 1.54) is 29.9 Å². The third kappa shape index (κ3) is 4.94. The average Bonchev–Trinajstić information content (AvgIpc) is 3.45. The van der Waals surface area contributed by atoms with Crippen LogP contribution >= 0.6 is 11.6 Å². The molecule has 4 N–H and O–H groups in total. The second-order valence-electron chi connectivity index (χ2n) is 8.63. The summed E-state index contributed by atoms with van der Waals surface area (Å²) >= 11 is 6.37. The summed E-state index contributed by atoms with van der Waals surface area (Å²) in [6.45, 7) is 1.45. The molecule has 37 heavy (non-hydrogen) atoms. The van der Waals surface area contributed by atoms with Crippen LogP contribution in [0.15, 0.2) is 43.0 Å². The van der Waals surface area contributed by atoms with Gasteiger partial charge in [0.2, 0.25) is 5.91 Å². The molecule has 192 valence electrons. The Kier molecular flexibility index (Phi) is 6.23. The Balaban J connectivity index is 1.32. The highest BCUT2D eigenvalue weighted by Crippen LogP contribution is 2.36. The smallest absolute Gasteiger partial charge is 0.353 e. The van der Waals surface area contributed by atoms with Crippen LogP contribution in [0.5, 0.6) is 0 Å². The van der Waals surface area contributed by atoms with Gasteiger partial charge in [-0.25, -0.2) is 9.97 Å². The zero-order valence-electron chi connectivity index (χ0n) is 19.2. The fourth-order valence-electron chi connectivity index (χ4n) is 4.22. The number of carbonyl (C=O) groups is 2. The molecule has 3 aromatic heterocycles. The monoisotopic (exact) mass is 532 g/mol. The molecule has 0 radical (unpaired) electrons. The number of alkyl halides is 3. The van der Waals surface area contributed by atoms with Crippen LogP contribution in [0.25, 0.3) is 16.9 Å². The summed E-state index contributed by atoms with van der Waals surface area (Å²) in [4.78, 5) is 32.2. The minimum atomic E-state index is -4.61. The maximum atomic E-state index is 13.3. The van der Waals surface area contributed by atoms with Crippen LogP contribution in [-0.4, -0.2) is 48.5 Å². The number of imidazole rings is 1. The van der Waals surface area contributed by atoms with Gasteiger partial charge in [-0.2, -0.15) is 18.3 Å². The number of anilines is 2. The van der Waals surface area contributed by atoms with Gasteiger partial charge in [0.15, 0.2) is 11.5 Å². The van der Waals surface area contributed by atoms with E-state index in [9.17, 15) is 22.8 Å². The minimum absolute atomic E-state index is 0.0526. The van der Waals surface area contributed by atoms with Crippen molar-refractivity contribution in [3.8, 4) is 11.3 Å². The molecule has 2 amide bonds. The topological polar surface area (TPSA) is 129 Å². The summed E-state index contributed by atoms with van der Waals surface area (Å²) in [6.07, 6.45) is 1.99. The first-order valence-corrected chi connectivity index (χ1v) is 11.6. The Morgan fingerprint density at radius 2 is 1.89 bits per heavy atom. The second-order valence-corrected chi connectivity index (χ2v) is 9.04. The molecule has 14 heteroatoms. The summed E-state index contributed by atoms with van der Waals surface area (Å²) in [7, 11) is 0. The number of hydrogen-bond acceptors (Lipinski definition) is 6. The normalized spacial score (nSPS) is 17.3. The highest BCUT2D eigenvalue weighted by atomic mass is 35.5.